The zero-order chi connectivity index (χ0) is 56.8. The number of benzene rings is 10. The molecule has 0 amide bonds. The number of alkyl halides is 6. The minimum absolute atomic E-state index is 0.198. The fraction of sp³-hybridized carbons (Fsp3) is 0.167. The van der Waals surface area contributed by atoms with Gasteiger partial charge in [0.25, 0.3) is 0 Å². The van der Waals surface area contributed by atoms with Gasteiger partial charge < -0.3 is 9.80 Å². The van der Waals surface area contributed by atoms with E-state index >= 15 is 0 Å². The molecule has 1 spiro atoms. The molecule has 0 bridgehead atoms. The van der Waals surface area contributed by atoms with Crippen molar-refractivity contribution in [3.05, 3.63) is 262 Å². The van der Waals surface area contributed by atoms with Crippen LogP contribution in [0.25, 0.3) is 51.5 Å². The van der Waals surface area contributed by atoms with Crippen molar-refractivity contribution in [2.75, 3.05) is 9.80 Å². The van der Waals surface area contributed by atoms with Gasteiger partial charge in [-0.15, -0.1) is 22.7 Å². The highest BCUT2D eigenvalue weighted by Gasteiger charge is 2.54. The molecule has 406 valence electrons. The lowest BCUT2D eigenvalue weighted by molar-refractivity contribution is -0.137. The smallest absolute Gasteiger partial charge is 0.309 e. The number of halogens is 6. The van der Waals surface area contributed by atoms with Crippen molar-refractivity contribution in [1.82, 2.24) is 0 Å². The first kappa shape index (κ1) is 51.9. The summed E-state index contributed by atoms with van der Waals surface area (Å²) in [5.74, 6) is 0.535. The largest absolute Gasteiger partial charge is 0.417 e. The minimum Gasteiger partial charge on any atom is -0.309 e. The average molecular weight is 1130 g/mol. The molecule has 2 aliphatic rings. The van der Waals surface area contributed by atoms with Crippen LogP contribution < -0.4 is 9.80 Å². The van der Waals surface area contributed by atoms with Crippen molar-refractivity contribution in [3.8, 4) is 11.1 Å². The van der Waals surface area contributed by atoms with Crippen LogP contribution >= 0.6 is 22.7 Å². The van der Waals surface area contributed by atoms with Crippen molar-refractivity contribution in [3.63, 3.8) is 0 Å². The van der Waals surface area contributed by atoms with Gasteiger partial charge >= 0.3 is 12.4 Å². The molecule has 0 saturated heterocycles. The van der Waals surface area contributed by atoms with Crippen molar-refractivity contribution < 1.29 is 26.3 Å². The van der Waals surface area contributed by atoms with Crippen LogP contribution in [0.3, 0.4) is 0 Å². The summed E-state index contributed by atoms with van der Waals surface area (Å²) in [6.07, 6.45) is -9.08. The third-order valence-corrected chi connectivity index (χ3v) is 19.9. The van der Waals surface area contributed by atoms with Crippen molar-refractivity contribution in [1.29, 1.82) is 0 Å². The van der Waals surface area contributed by atoms with Gasteiger partial charge in [0.1, 0.15) is 0 Å². The fourth-order valence-corrected chi connectivity index (χ4v) is 16.1. The lowest BCUT2D eigenvalue weighted by Crippen LogP contribution is -2.40. The van der Waals surface area contributed by atoms with Gasteiger partial charge in [0.2, 0.25) is 0 Å². The van der Waals surface area contributed by atoms with Crippen LogP contribution in [-0.2, 0) is 23.2 Å². The molecule has 82 heavy (non-hydrogen) atoms. The van der Waals surface area contributed by atoms with Gasteiger partial charge in [0, 0.05) is 59.1 Å². The summed E-state index contributed by atoms with van der Waals surface area (Å²) >= 11 is 2.35. The SMILES string of the molecule is CC(C)c1ccc(N(c2ccc3c(c2)C2(c4cc(N(c5ccc(C(C)C)cc5)c5cccc6c5sc5c(C(F)(F)F)cccc56)ccc4-3)c3ccccc3C(C)(C)c3ccccc32)c2cccc3c2sc2c(C(F)(F)F)cccc23)cc1. The number of thiophene rings is 2. The highest BCUT2D eigenvalue weighted by atomic mass is 32.1. The van der Waals surface area contributed by atoms with Gasteiger partial charge in [-0.05, 0) is 140 Å². The van der Waals surface area contributed by atoms with E-state index in [1.165, 1.54) is 58.1 Å². The molecule has 2 aliphatic carbocycles. The third-order valence-electron chi connectivity index (χ3n) is 17.4. The van der Waals surface area contributed by atoms with Crippen LogP contribution in [0.15, 0.2) is 206 Å². The first-order chi connectivity index (χ1) is 39.3. The van der Waals surface area contributed by atoms with Crippen LogP contribution in [0.1, 0.15) is 109 Å². The Hall–Kier alpha value is -8.18. The highest BCUT2D eigenvalue weighted by molar-refractivity contribution is 7.27. The van der Waals surface area contributed by atoms with Gasteiger partial charge in [0.05, 0.1) is 37.3 Å². The zero-order valence-corrected chi connectivity index (χ0v) is 47.4. The van der Waals surface area contributed by atoms with E-state index in [0.717, 1.165) is 98.8 Å². The van der Waals surface area contributed by atoms with Gasteiger partial charge in [-0.2, -0.15) is 26.3 Å². The van der Waals surface area contributed by atoms with Gasteiger partial charge in [-0.1, -0.05) is 175 Å². The molecule has 0 saturated carbocycles. The third kappa shape index (κ3) is 7.73. The Labute approximate surface area is 480 Å². The van der Waals surface area contributed by atoms with Crippen LogP contribution in [-0.4, -0.2) is 0 Å². The summed E-state index contributed by atoms with van der Waals surface area (Å²) in [5, 5.41) is 2.61. The molecule has 0 fully saturated rings. The molecular formula is C72H54F6N2S2. The van der Waals surface area contributed by atoms with Gasteiger partial charge in [0.15, 0.2) is 0 Å². The first-order valence-corrected chi connectivity index (χ1v) is 29.3. The van der Waals surface area contributed by atoms with Crippen LogP contribution in [0.2, 0.25) is 0 Å². The Morgan fingerprint density at radius 2 is 0.695 bits per heavy atom. The van der Waals surface area contributed by atoms with E-state index in [1.54, 1.807) is 12.1 Å². The molecule has 0 radical (unpaired) electrons. The van der Waals surface area contributed by atoms with E-state index in [1.807, 2.05) is 36.4 Å². The molecule has 2 nitrogen and oxygen atoms in total. The van der Waals surface area contributed by atoms with E-state index in [0.29, 0.717) is 10.8 Å². The molecule has 0 aliphatic heterocycles. The molecule has 12 aromatic rings. The molecular weight excluding hydrogens is 1070 g/mol. The number of hydrogen-bond acceptors (Lipinski definition) is 4. The number of rotatable bonds is 8. The number of nitrogens with zero attached hydrogens (tertiary/aromatic N) is 2. The Morgan fingerprint density at radius 3 is 1.06 bits per heavy atom. The van der Waals surface area contributed by atoms with Crippen LogP contribution in [0.4, 0.5) is 60.5 Å². The molecule has 0 N–H and O–H groups in total. The molecule has 10 aromatic carbocycles. The second-order valence-corrected chi connectivity index (χ2v) is 25.0. The number of fused-ring (bicyclic) bond motifs is 15. The lowest BCUT2D eigenvalue weighted by Gasteiger charge is -2.47. The number of anilines is 6. The Kier molecular flexibility index (Phi) is 11.8. The minimum atomic E-state index is -4.54. The summed E-state index contributed by atoms with van der Waals surface area (Å²) in [6, 6.07) is 68.5. The van der Waals surface area contributed by atoms with Crippen LogP contribution in [0, 0.1) is 0 Å². The van der Waals surface area contributed by atoms with Crippen molar-refractivity contribution >= 4 is 97.1 Å². The predicted molar refractivity (Wildman–Crippen MR) is 329 cm³/mol. The second-order valence-electron chi connectivity index (χ2n) is 23.0. The average Bonchev–Trinajstić information content (AvgIpc) is 1.65. The normalized spacial score (nSPS) is 14.3. The molecule has 2 aromatic heterocycles. The summed E-state index contributed by atoms with van der Waals surface area (Å²) in [5.41, 5.74) is 13.4. The predicted octanol–water partition coefficient (Wildman–Crippen LogP) is 22.6. The van der Waals surface area contributed by atoms with E-state index in [2.05, 4.69) is 185 Å². The summed E-state index contributed by atoms with van der Waals surface area (Å²) < 4.78 is 90.7. The topological polar surface area (TPSA) is 6.48 Å². The molecule has 0 unspecified atom stereocenters. The quantitative estimate of drug-likeness (QED) is 0.140. The lowest BCUT2D eigenvalue weighted by atomic mass is 9.55. The van der Waals surface area contributed by atoms with E-state index in [9.17, 15) is 26.3 Å². The zero-order valence-electron chi connectivity index (χ0n) is 45.8. The van der Waals surface area contributed by atoms with E-state index in [4.69, 9.17) is 0 Å². The summed E-state index contributed by atoms with van der Waals surface area (Å²) in [7, 11) is 0. The molecule has 2 heterocycles. The summed E-state index contributed by atoms with van der Waals surface area (Å²) in [4.78, 5) is 4.42. The van der Waals surface area contributed by atoms with Gasteiger partial charge in [-0.3, -0.25) is 0 Å². The molecule has 0 atom stereocenters. The monoisotopic (exact) mass is 1120 g/mol. The summed E-state index contributed by atoms with van der Waals surface area (Å²) in [6.45, 7) is 13.2. The molecule has 14 rings (SSSR count). The van der Waals surface area contributed by atoms with E-state index in [-0.39, 0.29) is 21.2 Å². The van der Waals surface area contributed by atoms with Crippen molar-refractivity contribution in [2.24, 2.45) is 0 Å². The Bertz CT molecular complexity index is 4250. The highest BCUT2D eigenvalue weighted by Crippen LogP contribution is 2.64. The maximum absolute atomic E-state index is 14.8. The maximum atomic E-state index is 14.8. The number of hydrogen-bond donors (Lipinski definition) is 0. The first-order valence-electron chi connectivity index (χ1n) is 27.7. The fourth-order valence-electron chi connectivity index (χ4n) is 13.4. The van der Waals surface area contributed by atoms with Crippen molar-refractivity contribution in [2.45, 2.75) is 76.6 Å². The Morgan fingerprint density at radius 1 is 0.354 bits per heavy atom. The van der Waals surface area contributed by atoms with Crippen LogP contribution in [0.5, 0.6) is 0 Å². The maximum Gasteiger partial charge on any atom is 0.417 e. The Balaban J connectivity index is 1.05. The van der Waals surface area contributed by atoms with E-state index < -0.39 is 34.3 Å². The van der Waals surface area contributed by atoms with Gasteiger partial charge in [-0.25, -0.2) is 0 Å². The standard InChI is InChI=1S/C72H54F6N2S2/c1-41(2)43-27-31-45(32-28-43)79(63-25-13-17-53-51-15-11-23-59(71(73,74)75)65(51)81-67(53)63)47-35-37-49-50-38-36-48(40-62(50)70(61(49)39-47)57-21-9-7-19-55(57)69(5,6)56-20-8-10-22-58(56)70)80(46-33-29-44(30-34-46)42(3)4)64-26-14-18-54-52-16-12-24-60(72(76,77)78)66(52)82-68(54)64/h7-42H,1-6H3. The second kappa shape index (κ2) is 18.7. The molecule has 10 heteroatoms.